The number of carboxylic acid groups (broad SMARTS) is 1. The van der Waals surface area contributed by atoms with Crippen LogP contribution < -0.4 is 4.74 Å². The third kappa shape index (κ3) is 4.24. The number of halogens is 1. The first-order chi connectivity index (χ1) is 15.5. The first-order valence-corrected chi connectivity index (χ1v) is 11.2. The summed E-state index contributed by atoms with van der Waals surface area (Å²) in [4.78, 5) is 15.9. The van der Waals surface area contributed by atoms with Gasteiger partial charge in [-0.05, 0) is 79.8 Å². The standard InChI is InChI=1S/C27H26FNO3/c1-16-2-9-23(28)22(12-16)20-7-10-24(29-15-20)25-11-8-18-5-6-19(13-26(18)32-25)21(14-27(30)31)17-3-4-17/h2,5-7,9-10,12-13,15,17,21,25H,3-4,8,11,14H2,1H3,(H,30,31)/t21-,25?/m0/s1. The van der Waals surface area contributed by atoms with Gasteiger partial charge in [-0.25, -0.2) is 4.39 Å². The van der Waals surface area contributed by atoms with Crippen molar-refractivity contribution in [2.24, 2.45) is 5.92 Å². The molecule has 4 nitrogen and oxygen atoms in total. The Morgan fingerprint density at radius 2 is 2.00 bits per heavy atom. The highest BCUT2D eigenvalue weighted by Gasteiger charge is 2.34. The zero-order chi connectivity index (χ0) is 22.2. The maximum Gasteiger partial charge on any atom is 0.303 e. The van der Waals surface area contributed by atoms with Gasteiger partial charge < -0.3 is 9.84 Å². The van der Waals surface area contributed by atoms with E-state index in [4.69, 9.17) is 4.74 Å². The van der Waals surface area contributed by atoms with Crippen LogP contribution in [0.25, 0.3) is 11.1 Å². The molecule has 5 heteroatoms. The van der Waals surface area contributed by atoms with Crippen molar-refractivity contribution in [3.8, 4) is 16.9 Å². The maximum atomic E-state index is 14.2. The minimum atomic E-state index is -0.757. The van der Waals surface area contributed by atoms with Crippen LogP contribution in [0.4, 0.5) is 4.39 Å². The average molecular weight is 432 g/mol. The van der Waals surface area contributed by atoms with E-state index in [-0.39, 0.29) is 24.3 Å². The number of nitrogens with zero attached hydrogens (tertiary/aromatic N) is 1. The van der Waals surface area contributed by atoms with E-state index in [2.05, 4.69) is 17.1 Å². The van der Waals surface area contributed by atoms with Gasteiger partial charge in [0.25, 0.3) is 0 Å². The lowest BCUT2D eigenvalue weighted by molar-refractivity contribution is -0.137. The number of hydrogen-bond donors (Lipinski definition) is 1. The molecule has 2 heterocycles. The molecule has 3 aromatic rings. The lowest BCUT2D eigenvalue weighted by Gasteiger charge is -2.27. The van der Waals surface area contributed by atoms with Gasteiger partial charge in [-0.1, -0.05) is 29.8 Å². The third-order valence-corrected chi connectivity index (χ3v) is 6.60. The van der Waals surface area contributed by atoms with Crippen molar-refractivity contribution >= 4 is 5.97 Å². The van der Waals surface area contributed by atoms with E-state index in [9.17, 15) is 14.3 Å². The summed E-state index contributed by atoms with van der Waals surface area (Å²) in [7, 11) is 0. The Morgan fingerprint density at radius 1 is 1.16 bits per heavy atom. The maximum absolute atomic E-state index is 14.2. The third-order valence-electron chi connectivity index (χ3n) is 6.60. The van der Waals surface area contributed by atoms with Gasteiger partial charge in [-0.2, -0.15) is 0 Å². The Hall–Kier alpha value is -3.21. The number of benzene rings is 2. The van der Waals surface area contributed by atoms with Gasteiger partial charge in [0.1, 0.15) is 17.7 Å². The number of rotatable bonds is 6. The minimum Gasteiger partial charge on any atom is -0.484 e. The van der Waals surface area contributed by atoms with E-state index in [1.54, 1.807) is 12.3 Å². The molecule has 0 amide bonds. The zero-order valence-electron chi connectivity index (χ0n) is 18.1. The Balaban J connectivity index is 1.36. The van der Waals surface area contributed by atoms with E-state index < -0.39 is 5.97 Å². The van der Waals surface area contributed by atoms with Gasteiger partial charge in [0.2, 0.25) is 0 Å². The van der Waals surface area contributed by atoms with E-state index in [0.717, 1.165) is 59.4 Å². The number of hydrogen-bond acceptors (Lipinski definition) is 3. The number of aromatic nitrogens is 1. The van der Waals surface area contributed by atoms with Gasteiger partial charge in [0.05, 0.1) is 12.1 Å². The fourth-order valence-corrected chi connectivity index (χ4v) is 4.68. The average Bonchev–Trinajstić information content (AvgIpc) is 3.64. The number of fused-ring (bicyclic) bond motifs is 1. The molecule has 1 aliphatic carbocycles. The summed E-state index contributed by atoms with van der Waals surface area (Å²) in [5, 5.41) is 9.33. The molecule has 5 rings (SSSR count). The van der Waals surface area contributed by atoms with Crippen LogP contribution >= 0.6 is 0 Å². The number of aryl methyl sites for hydroxylation is 2. The normalized spacial score (nSPS) is 18.5. The first-order valence-electron chi connectivity index (χ1n) is 11.2. The van der Waals surface area contributed by atoms with Crippen molar-refractivity contribution < 1.29 is 19.0 Å². The van der Waals surface area contributed by atoms with Gasteiger partial charge in [-0.15, -0.1) is 0 Å². The van der Waals surface area contributed by atoms with Gasteiger partial charge in [-0.3, -0.25) is 9.78 Å². The molecule has 0 bridgehead atoms. The molecular weight excluding hydrogens is 405 g/mol. The first kappa shape index (κ1) is 20.7. The van der Waals surface area contributed by atoms with Gasteiger partial charge in [0.15, 0.2) is 0 Å². The topological polar surface area (TPSA) is 59.4 Å². The Bertz CT molecular complexity index is 1150. The number of pyridine rings is 1. The monoisotopic (exact) mass is 431 g/mol. The molecule has 2 atom stereocenters. The molecule has 1 aromatic heterocycles. The van der Waals surface area contributed by atoms with Crippen LogP contribution in [0.1, 0.15) is 60.1 Å². The molecule has 1 unspecified atom stereocenters. The van der Waals surface area contributed by atoms with Crippen molar-refractivity contribution in [1.82, 2.24) is 4.98 Å². The smallest absolute Gasteiger partial charge is 0.303 e. The van der Waals surface area contributed by atoms with Crippen LogP contribution in [0.15, 0.2) is 54.7 Å². The van der Waals surface area contributed by atoms with Crippen LogP contribution in [-0.2, 0) is 11.2 Å². The van der Waals surface area contributed by atoms with E-state index in [0.29, 0.717) is 11.5 Å². The molecule has 2 aromatic carbocycles. The summed E-state index contributed by atoms with van der Waals surface area (Å²) in [6, 6.07) is 15.0. The predicted octanol–water partition coefficient (Wildman–Crippen LogP) is 6.23. The molecule has 0 saturated heterocycles. The quantitative estimate of drug-likeness (QED) is 0.503. The molecule has 1 saturated carbocycles. The van der Waals surface area contributed by atoms with Crippen molar-refractivity contribution in [2.75, 3.05) is 0 Å². The molecule has 164 valence electrons. The molecule has 1 fully saturated rings. The van der Waals surface area contributed by atoms with Crippen molar-refractivity contribution in [3.05, 3.63) is 82.9 Å². The molecule has 1 N–H and O–H groups in total. The summed E-state index contributed by atoms with van der Waals surface area (Å²) >= 11 is 0. The molecule has 0 spiro atoms. The van der Waals surface area contributed by atoms with Crippen LogP contribution in [-0.4, -0.2) is 16.1 Å². The van der Waals surface area contributed by atoms with Crippen LogP contribution in [0, 0.1) is 18.7 Å². The number of ether oxygens (including phenoxy) is 1. The van der Waals surface area contributed by atoms with Crippen LogP contribution in [0.2, 0.25) is 0 Å². The van der Waals surface area contributed by atoms with Gasteiger partial charge in [0, 0.05) is 17.3 Å². The second kappa shape index (κ2) is 8.38. The predicted molar refractivity (Wildman–Crippen MR) is 120 cm³/mol. The van der Waals surface area contributed by atoms with Gasteiger partial charge >= 0.3 is 5.97 Å². The Labute approximate surface area is 187 Å². The van der Waals surface area contributed by atoms with E-state index in [1.807, 2.05) is 31.2 Å². The number of carboxylic acids is 1. The summed E-state index contributed by atoms with van der Waals surface area (Å²) < 4.78 is 20.5. The molecular formula is C27H26FNO3. The zero-order valence-corrected chi connectivity index (χ0v) is 18.1. The van der Waals surface area contributed by atoms with E-state index in [1.165, 1.54) is 6.07 Å². The molecule has 2 aliphatic rings. The molecule has 32 heavy (non-hydrogen) atoms. The lowest BCUT2D eigenvalue weighted by atomic mass is 9.89. The largest absolute Gasteiger partial charge is 0.484 e. The SMILES string of the molecule is Cc1ccc(F)c(-c2ccc(C3CCc4ccc([C@@H](CC(=O)O)C5CC5)cc4O3)nc2)c1. The summed E-state index contributed by atoms with van der Waals surface area (Å²) in [6.07, 6.45) is 5.58. The second-order valence-electron chi connectivity index (χ2n) is 9.01. The summed E-state index contributed by atoms with van der Waals surface area (Å²) in [5.74, 6) is 0.313. The minimum absolute atomic E-state index is 0.0448. The summed E-state index contributed by atoms with van der Waals surface area (Å²) in [5.41, 5.74) is 5.31. The Morgan fingerprint density at radius 3 is 2.72 bits per heavy atom. The Kier molecular flexibility index (Phi) is 5.41. The fraction of sp³-hybridized carbons (Fsp3) is 0.333. The van der Waals surface area contributed by atoms with Crippen LogP contribution in [0.3, 0.4) is 0 Å². The molecule has 1 aliphatic heterocycles. The summed E-state index contributed by atoms with van der Waals surface area (Å²) in [6.45, 7) is 1.94. The highest BCUT2D eigenvalue weighted by Crippen LogP contribution is 2.46. The second-order valence-corrected chi connectivity index (χ2v) is 9.01. The fourth-order valence-electron chi connectivity index (χ4n) is 4.68. The highest BCUT2D eigenvalue weighted by molar-refractivity contribution is 5.68. The van der Waals surface area contributed by atoms with Crippen LogP contribution in [0.5, 0.6) is 5.75 Å². The number of aliphatic carboxylic acids is 1. The van der Waals surface area contributed by atoms with Crippen molar-refractivity contribution in [1.29, 1.82) is 0 Å². The van der Waals surface area contributed by atoms with E-state index >= 15 is 0 Å². The lowest BCUT2D eigenvalue weighted by Crippen LogP contribution is -2.17. The van der Waals surface area contributed by atoms with Crippen molar-refractivity contribution in [2.45, 2.75) is 51.0 Å². The number of carbonyl (C=O) groups is 1. The highest BCUT2D eigenvalue weighted by atomic mass is 19.1. The molecule has 0 radical (unpaired) electrons. The van der Waals surface area contributed by atoms with Crippen molar-refractivity contribution in [3.63, 3.8) is 0 Å².